The van der Waals surface area contributed by atoms with E-state index in [2.05, 4.69) is 17.0 Å². The van der Waals surface area contributed by atoms with Gasteiger partial charge in [0, 0.05) is 36.3 Å². The van der Waals surface area contributed by atoms with Crippen molar-refractivity contribution in [3.63, 3.8) is 0 Å². The van der Waals surface area contributed by atoms with Gasteiger partial charge in [0.25, 0.3) is 0 Å². The predicted octanol–water partition coefficient (Wildman–Crippen LogP) is 3.71. The molecular formula is C18H14ClNO3. The second-order valence-corrected chi connectivity index (χ2v) is 6.10. The zero-order valence-corrected chi connectivity index (χ0v) is 13.0. The molecule has 0 fully saturated rings. The Balaban J connectivity index is 1.81. The second kappa shape index (κ2) is 5.32. The van der Waals surface area contributed by atoms with Gasteiger partial charge >= 0.3 is 5.63 Å². The summed E-state index contributed by atoms with van der Waals surface area (Å²) < 4.78 is 5.18. The third kappa shape index (κ3) is 2.45. The smallest absolute Gasteiger partial charge is 0.336 e. The number of rotatable bonds is 2. The van der Waals surface area contributed by atoms with E-state index in [1.165, 1.54) is 23.4 Å². The van der Waals surface area contributed by atoms with Gasteiger partial charge < -0.3 is 14.4 Å². The van der Waals surface area contributed by atoms with Gasteiger partial charge in [0.1, 0.15) is 11.3 Å². The molecule has 0 atom stereocenters. The van der Waals surface area contributed by atoms with Crippen LogP contribution in [-0.4, -0.2) is 11.7 Å². The van der Waals surface area contributed by atoms with Crippen LogP contribution < -0.4 is 10.5 Å². The third-order valence-electron chi connectivity index (χ3n) is 4.24. The van der Waals surface area contributed by atoms with E-state index in [0.717, 1.165) is 23.9 Å². The molecule has 0 saturated carbocycles. The van der Waals surface area contributed by atoms with E-state index in [4.69, 9.17) is 16.0 Å². The molecule has 5 heteroatoms. The molecule has 4 rings (SSSR count). The number of aromatic hydroxyl groups is 1. The lowest BCUT2D eigenvalue weighted by Gasteiger charge is -2.20. The summed E-state index contributed by atoms with van der Waals surface area (Å²) in [6.07, 6.45) is 0.997. The molecule has 1 aliphatic rings. The number of halogens is 1. The number of phenolic OH excluding ortho intramolecular Hbond substituents is 1. The first-order valence-electron chi connectivity index (χ1n) is 7.40. The van der Waals surface area contributed by atoms with Crippen molar-refractivity contribution in [1.82, 2.24) is 0 Å². The summed E-state index contributed by atoms with van der Waals surface area (Å²) in [6, 6.07) is 12.8. The van der Waals surface area contributed by atoms with Crippen LogP contribution in [0, 0.1) is 0 Å². The van der Waals surface area contributed by atoms with Crippen LogP contribution in [0.1, 0.15) is 11.1 Å². The van der Waals surface area contributed by atoms with Gasteiger partial charge in [-0.1, -0.05) is 29.8 Å². The lowest BCUT2D eigenvalue weighted by Crippen LogP contribution is -2.20. The quantitative estimate of drug-likeness (QED) is 0.729. The maximum Gasteiger partial charge on any atom is 0.336 e. The van der Waals surface area contributed by atoms with Crippen molar-refractivity contribution in [3.05, 3.63) is 69.0 Å². The topological polar surface area (TPSA) is 53.7 Å². The molecule has 0 bridgehead atoms. The highest BCUT2D eigenvalue weighted by molar-refractivity contribution is 6.32. The van der Waals surface area contributed by atoms with Gasteiger partial charge in [0.15, 0.2) is 0 Å². The van der Waals surface area contributed by atoms with Crippen molar-refractivity contribution < 1.29 is 9.52 Å². The van der Waals surface area contributed by atoms with E-state index >= 15 is 0 Å². The van der Waals surface area contributed by atoms with E-state index in [0.29, 0.717) is 12.1 Å². The highest BCUT2D eigenvalue weighted by Crippen LogP contribution is 2.33. The molecule has 1 N–H and O–H groups in total. The minimum Gasteiger partial charge on any atom is -0.506 e. The molecule has 0 radical (unpaired) electrons. The molecule has 0 aliphatic carbocycles. The molecule has 0 spiro atoms. The SMILES string of the molecule is O=c1cc(CN2CCc3ccccc32)c2cc(Cl)c(O)cc2o1. The van der Waals surface area contributed by atoms with Gasteiger partial charge in [-0.25, -0.2) is 4.79 Å². The van der Waals surface area contributed by atoms with Crippen LogP contribution >= 0.6 is 11.6 Å². The summed E-state index contributed by atoms with van der Waals surface area (Å²) in [4.78, 5) is 14.1. The Morgan fingerprint density at radius 3 is 2.91 bits per heavy atom. The van der Waals surface area contributed by atoms with E-state index in [9.17, 15) is 9.90 Å². The van der Waals surface area contributed by atoms with E-state index in [1.54, 1.807) is 6.07 Å². The number of benzene rings is 2. The summed E-state index contributed by atoms with van der Waals surface area (Å²) >= 11 is 6.01. The molecule has 0 amide bonds. The number of nitrogens with zero attached hydrogens (tertiary/aromatic N) is 1. The predicted molar refractivity (Wildman–Crippen MR) is 90.4 cm³/mol. The number of hydrogen-bond acceptors (Lipinski definition) is 4. The lowest BCUT2D eigenvalue weighted by atomic mass is 10.1. The lowest BCUT2D eigenvalue weighted by molar-refractivity contribution is 0.473. The Labute approximate surface area is 137 Å². The van der Waals surface area contributed by atoms with E-state index in [-0.39, 0.29) is 10.8 Å². The van der Waals surface area contributed by atoms with Crippen molar-refractivity contribution in [2.45, 2.75) is 13.0 Å². The fourth-order valence-corrected chi connectivity index (χ4v) is 3.31. The van der Waals surface area contributed by atoms with Crippen LogP contribution in [0.25, 0.3) is 11.0 Å². The molecule has 4 nitrogen and oxygen atoms in total. The summed E-state index contributed by atoms with van der Waals surface area (Å²) in [5, 5.41) is 10.7. The first kappa shape index (κ1) is 14.2. The van der Waals surface area contributed by atoms with Gasteiger partial charge in [-0.15, -0.1) is 0 Å². The van der Waals surface area contributed by atoms with Gasteiger partial charge in [0.05, 0.1) is 5.02 Å². The molecule has 2 aromatic carbocycles. The van der Waals surface area contributed by atoms with Crippen LogP contribution in [0.5, 0.6) is 5.75 Å². The average Bonchev–Trinajstić information content (AvgIpc) is 2.93. The monoisotopic (exact) mass is 327 g/mol. The van der Waals surface area contributed by atoms with Crippen molar-refractivity contribution in [2.24, 2.45) is 0 Å². The molecule has 1 aromatic heterocycles. The normalized spacial score (nSPS) is 13.5. The van der Waals surface area contributed by atoms with Gasteiger partial charge in [0.2, 0.25) is 0 Å². The van der Waals surface area contributed by atoms with Crippen LogP contribution in [0.15, 0.2) is 51.7 Å². The van der Waals surface area contributed by atoms with Crippen molar-refractivity contribution >= 4 is 28.3 Å². The summed E-state index contributed by atoms with van der Waals surface area (Å²) in [7, 11) is 0. The van der Waals surface area contributed by atoms with Gasteiger partial charge in [-0.3, -0.25) is 0 Å². The standard InChI is InChI=1S/C18H14ClNO3/c19-14-8-13-12(7-18(22)23-17(13)9-16(14)21)10-20-6-5-11-3-1-2-4-15(11)20/h1-4,7-9,21H,5-6,10H2. The Hall–Kier alpha value is -2.46. The van der Waals surface area contributed by atoms with E-state index < -0.39 is 5.63 Å². The number of fused-ring (bicyclic) bond motifs is 2. The number of phenols is 1. The highest BCUT2D eigenvalue weighted by atomic mass is 35.5. The molecular weight excluding hydrogens is 314 g/mol. The fraction of sp³-hybridized carbons (Fsp3) is 0.167. The largest absolute Gasteiger partial charge is 0.506 e. The average molecular weight is 328 g/mol. The summed E-state index contributed by atoms with van der Waals surface area (Å²) in [6.45, 7) is 1.51. The van der Waals surface area contributed by atoms with E-state index in [1.807, 2.05) is 12.1 Å². The number of para-hydroxylation sites is 1. The molecule has 0 saturated heterocycles. The minimum atomic E-state index is -0.429. The number of anilines is 1. The van der Waals surface area contributed by atoms with Crippen LogP contribution in [0.2, 0.25) is 5.02 Å². The summed E-state index contributed by atoms with van der Waals surface area (Å²) in [5.41, 5.74) is 3.27. The molecule has 0 unspecified atom stereocenters. The zero-order chi connectivity index (χ0) is 16.0. The zero-order valence-electron chi connectivity index (χ0n) is 12.3. The molecule has 1 aliphatic heterocycles. The maximum atomic E-state index is 11.8. The molecule has 3 aromatic rings. The Morgan fingerprint density at radius 1 is 1.22 bits per heavy atom. The molecule has 23 heavy (non-hydrogen) atoms. The first-order chi connectivity index (χ1) is 11.1. The summed E-state index contributed by atoms with van der Waals surface area (Å²) in [5.74, 6) is -0.0917. The minimum absolute atomic E-state index is 0.0917. The fourth-order valence-electron chi connectivity index (χ4n) is 3.14. The maximum absolute atomic E-state index is 11.8. The van der Waals surface area contributed by atoms with Crippen molar-refractivity contribution in [1.29, 1.82) is 0 Å². The molecule has 116 valence electrons. The molecule has 2 heterocycles. The van der Waals surface area contributed by atoms with Gasteiger partial charge in [-0.2, -0.15) is 0 Å². The highest BCUT2D eigenvalue weighted by Gasteiger charge is 2.20. The Kier molecular flexibility index (Phi) is 3.27. The Morgan fingerprint density at radius 2 is 2.04 bits per heavy atom. The Bertz CT molecular complexity index is 964. The third-order valence-corrected chi connectivity index (χ3v) is 4.54. The van der Waals surface area contributed by atoms with Crippen molar-refractivity contribution in [3.8, 4) is 5.75 Å². The van der Waals surface area contributed by atoms with Crippen LogP contribution in [-0.2, 0) is 13.0 Å². The van der Waals surface area contributed by atoms with Crippen LogP contribution in [0.3, 0.4) is 0 Å². The van der Waals surface area contributed by atoms with Gasteiger partial charge in [-0.05, 0) is 29.7 Å². The van der Waals surface area contributed by atoms with Crippen molar-refractivity contribution in [2.75, 3.05) is 11.4 Å². The first-order valence-corrected chi connectivity index (χ1v) is 7.78. The van der Waals surface area contributed by atoms with Crippen LogP contribution in [0.4, 0.5) is 5.69 Å². The second-order valence-electron chi connectivity index (χ2n) is 5.69. The number of hydrogen-bond donors (Lipinski definition) is 1.